The lowest BCUT2D eigenvalue weighted by Gasteiger charge is -2.12. The number of rotatable bonds is 7. The summed E-state index contributed by atoms with van der Waals surface area (Å²) in [6, 6.07) is 17.9. The number of hydrogen-bond donors (Lipinski definition) is 1. The molecule has 30 heavy (non-hydrogen) atoms. The lowest BCUT2D eigenvalue weighted by molar-refractivity contribution is -0.122. The summed E-state index contributed by atoms with van der Waals surface area (Å²) in [6.45, 7) is 1.30. The molecule has 1 aliphatic heterocycles. The van der Waals surface area contributed by atoms with Crippen LogP contribution in [-0.4, -0.2) is 33.4 Å². The fraction of sp³-hybridized carbons (Fsp3) is 0.348. The highest BCUT2D eigenvalue weighted by Crippen LogP contribution is 2.29. The Morgan fingerprint density at radius 3 is 2.70 bits per heavy atom. The molecule has 4 rings (SSSR count). The summed E-state index contributed by atoms with van der Waals surface area (Å²) in [5.41, 5.74) is 1.89. The maximum Gasteiger partial charge on any atom is 0.346 e. The van der Waals surface area contributed by atoms with Crippen LogP contribution in [0.15, 0.2) is 59.4 Å². The minimum absolute atomic E-state index is 0.0700. The topological polar surface area (TPSA) is 78.2 Å². The zero-order chi connectivity index (χ0) is 20.8. The predicted octanol–water partition coefficient (Wildman–Crippen LogP) is 2.63. The van der Waals surface area contributed by atoms with Gasteiger partial charge in [-0.25, -0.2) is 9.48 Å². The van der Waals surface area contributed by atoms with Crippen LogP contribution in [0.3, 0.4) is 0 Å². The number of benzene rings is 2. The molecule has 2 aromatic carbocycles. The highest BCUT2D eigenvalue weighted by molar-refractivity contribution is 5.75. The fourth-order valence-corrected chi connectivity index (χ4v) is 3.72. The Balaban J connectivity index is 1.30. The first-order chi connectivity index (χ1) is 14.7. The van der Waals surface area contributed by atoms with E-state index in [4.69, 9.17) is 4.74 Å². The number of carbonyl (C=O) groups excluding carboxylic acids is 1. The Labute approximate surface area is 175 Å². The van der Waals surface area contributed by atoms with Crippen molar-refractivity contribution >= 4 is 5.91 Å². The highest BCUT2D eigenvalue weighted by Gasteiger charge is 2.17. The predicted molar refractivity (Wildman–Crippen MR) is 114 cm³/mol. The summed E-state index contributed by atoms with van der Waals surface area (Å²) in [5.74, 6) is 1.31. The van der Waals surface area contributed by atoms with E-state index in [9.17, 15) is 9.59 Å². The standard InChI is InChI=1S/C23H26N4O3/c28-22(17-27-23(29)26-15-8-2-5-13-21(26)25-27)24-14-16-30-20-12-7-6-11-19(20)18-9-3-1-4-10-18/h1,3-4,6-7,9-12H,2,5,8,13-17H2,(H,24,28). The van der Waals surface area contributed by atoms with Crippen molar-refractivity contribution < 1.29 is 9.53 Å². The Morgan fingerprint density at radius 1 is 1.03 bits per heavy atom. The van der Waals surface area contributed by atoms with Crippen LogP contribution < -0.4 is 15.7 Å². The van der Waals surface area contributed by atoms with E-state index in [2.05, 4.69) is 10.4 Å². The largest absolute Gasteiger partial charge is 0.491 e. The van der Waals surface area contributed by atoms with Gasteiger partial charge in [0, 0.05) is 18.5 Å². The van der Waals surface area contributed by atoms with Crippen LogP contribution in [0.25, 0.3) is 11.1 Å². The van der Waals surface area contributed by atoms with Crippen LogP contribution in [-0.2, 0) is 24.3 Å². The summed E-state index contributed by atoms with van der Waals surface area (Å²) in [6.07, 6.45) is 3.91. The number of amides is 1. The summed E-state index contributed by atoms with van der Waals surface area (Å²) in [4.78, 5) is 24.7. The molecular formula is C23H26N4O3. The van der Waals surface area contributed by atoms with Gasteiger partial charge in [0.25, 0.3) is 0 Å². The van der Waals surface area contributed by atoms with Crippen molar-refractivity contribution in [2.75, 3.05) is 13.2 Å². The molecule has 0 aliphatic carbocycles. The van der Waals surface area contributed by atoms with E-state index in [1.54, 1.807) is 4.57 Å². The van der Waals surface area contributed by atoms with Gasteiger partial charge in [-0.05, 0) is 24.5 Å². The van der Waals surface area contributed by atoms with Crippen molar-refractivity contribution in [3.05, 3.63) is 70.9 Å². The number of carbonyl (C=O) groups is 1. The lowest BCUT2D eigenvalue weighted by atomic mass is 10.1. The van der Waals surface area contributed by atoms with Crippen LogP contribution in [0.1, 0.15) is 25.1 Å². The molecule has 0 saturated heterocycles. The molecule has 3 aromatic rings. The van der Waals surface area contributed by atoms with Gasteiger partial charge >= 0.3 is 5.69 Å². The number of aryl methyl sites for hydroxylation is 1. The molecule has 0 atom stereocenters. The first kappa shape index (κ1) is 19.9. The Hall–Kier alpha value is -3.35. The maximum absolute atomic E-state index is 12.4. The van der Waals surface area contributed by atoms with Crippen molar-refractivity contribution in [2.45, 2.75) is 38.8 Å². The summed E-state index contributed by atoms with van der Waals surface area (Å²) in [7, 11) is 0. The molecule has 0 spiro atoms. The van der Waals surface area contributed by atoms with Crippen molar-refractivity contribution in [1.82, 2.24) is 19.7 Å². The van der Waals surface area contributed by atoms with Gasteiger partial charge in [0.15, 0.2) is 0 Å². The SMILES string of the molecule is O=C(Cn1nc2n(c1=O)CCCCC2)NCCOc1ccccc1-c1ccccc1. The number of nitrogens with zero attached hydrogens (tertiary/aromatic N) is 3. The van der Waals surface area contributed by atoms with Gasteiger partial charge in [-0.3, -0.25) is 9.36 Å². The molecule has 1 aromatic heterocycles. The third-order valence-corrected chi connectivity index (χ3v) is 5.23. The molecular weight excluding hydrogens is 380 g/mol. The highest BCUT2D eigenvalue weighted by atomic mass is 16.5. The van der Waals surface area contributed by atoms with E-state index in [1.807, 2.05) is 54.6 Å². The quantitative estimate of drug-likeness (QED) is 0.612. The van der Waals surface area contributed by atoms with Gasteiger partial charge < -0.3 is 10.1 Å². The van der Waals surface area contributed by atoms with Crippen molar-refractivity contribution in [3.8, 4) is 16.9 Å². The van der Waals surface area contributed by atoms with Gasteiger partial charge in [0.05, 0.1) is 6.54 Å². The van der Waals surface area contributed by atoms with Gasteiger partial charge in [0.1, 0.15) is 24.7 Å². The molecule has 2 heterocycles. The first-order valence-electron chi connectivity index (χ1n) is 10.4. The van der Waals surface area contributed by atoms with Crippen LogP contribution in [0.4, 0.5) is 0 Å². The van der Waals surface area contributed by atoms with Crippen LogP contribution in [0.2, 0.25) is 0 Å². The summed E-state index contributed by atoms with van der Waals surface area (Å²) < 4.78 is 8.86. The first-order valence-corrected chi connectivity index (χ1v) is 10.4. The zero-order valence-corrected chi connectivity index (χ0v) is 16.9. The molecule has 0 bridgehead atoms. The third kappa shape index (κ3) is 4.62. The zero-order valence-electron chi connectivity index (χ0n) is 16.9. The summed E-state index contributed by atoms with van der Waals surface area (Å²) >= 11 is 0. The molecule has 7 nitrogen and oxygen atoms in total. The smallest absolute Gasteiger partial charge is 0.346 e. The van der Waals surface area contributed by atoms with Gasteiger partial charge in [-0.2, -0.15) is 5.10 Å². The molecule has 0 radical (unpaired) electrons. The third-order valence-electron chi connectivity index (χ3n) is 5.23. The molecule has 1 aliphatic rings. The molecule has 156 valence electrons. The number of fused-ring (bicyclic) bond motifs is 1. The minimum atomic E-state index is -0.245. The van der Waals surface area contributed by atoms with Crippen molar-refractivity contribution in [2.24, 2.45) is 0 Å². The monoisotopic (exact) mass is 406 g/mol. The lowest BCUT2D eigenvalue weighted by Crippen LogP contribution is -2.35. The van der Waals surface area contributed by atoms with Gasteiger partial charge in [-0.15, -0.1) is 0 Å². The summed E-state index contributed by atoms with van der Waals surface area (Å²) in [5, 5.41) is 7.15. The molecule has 0 saturated carbocycles. The molecule has 7 heteroatoms. The second-order valence-corrected chi connectivity index (χ2v) is 7.38. The van der Waals surface area contributed by atoms with E-state index >= 15 is 0 Å². The molecule has 1 amide bonds. The van der Waals surface area contributed by atoms with Crippen LogP contribution >= 0.6 is 0 Å². The van der Waals surface area contributed by atoms with Crippen molar-refractivity contribution in [1.29, 1.82) is 0 Å². The fourth-order valence-electron chi connectivity index (χ4n) is 3.72. The van der Waals surface area contributed by atoms with E-state index in [0.717, 1.165) is 48.4 Å². The number of nitrogens with one attached hydrogen (secondary N) is 1. The van der Waals surface area contributed by atoms with Crippen LogP contribution in [0, 0.1) is 0 Å². The minimum Gasteiger partial charge on any atom is -0.491 e. The Bertz CT molecular complexity index is 1060. The van der Waals surface area contributed by atoms with E-state index < -0.39 is 0 Å². The van der Waals surface area contributed by atoms with Crippen molar-refractivity contribution in [3.63, 3.8) is 0 Å². The Morgan fingerprint density at radius 2 is 1.83 bits per heavy atom. The normalized spacial score (nSPS) is 13.3. The average molecular weight is 406 g/mol. The molecule has 0 fully saturated rings. The van der Waals surface area contributed by atoms with E-state index in [-0.39, 0.29) is 18.1 Å². The second-order valence-electron chi connectivity index (χ2n) is 7.38. The van der Waals surface area contributed by atoms with Gasteiger partial charge in [-0.1, -0.05) is 55.0 Å². The average Bonchev–Trinajstić information content (AvgIpc) is 2.93. The number of hydrogen-bond acceptors (Lipinski definition) is 4. The number of para-hydroxylation sites is 1. The van der Waals surface area contributed by atoms with E-state index in [0.29, 0.717) is 19.7 Å². The molecule has 0 unspecified atom stereocenters. The number of aromatic nitrogens is 3. The van der Waals surface area contributed by atoms with E-state index in [1.165, 1.54) is 4.68 Å². The number of ether oxygens (including phenoxy) is 1. The Kier molecular flexibility index (Phi) is 6.27. The van der Waals surface area contributed by atoms with Gasteiger partial charge in [0.2, 0.25) is 5.91 Å². The van der Waals surface area contributed by atoms with Crippen LogP contribution in [0.5, 0.6) is 5.75 Å². The second kappa shape index (κ2) is 9.43. The maximum atomic E-state index is 12.4. The molecule has 1 N–H and O–H groups in total.